The average Bonchev–Trinajstić information content (AvgIpc) is 2.90. The van der Waals surface area contributed by atoms with Crippen molar-refractivity contribution in [2.75, 3.05) is 25.0 Å². The number of nitrogens with zero attached hydrogens (tertiary/aromatic N) is 2. The zero-order valence-corrected chi connectivity index (χ0v) is 24.5. The molecule has 0 aliphatic rings. The van der Waals surface area contributed by atoms with E-state index in [0.717, 1.165) is 21.0 Å². The van der Waals surface area contributed by atoms with E-state index in [1.807, 2.05) is 38.1 Å². The van der Waals surface area contributed by atoms with E-state index in [4.69, 9.17) is 4.74 Å². The second kappa shape index (κ2) is 12.4. The van der Waals surface area contributed by atoms with Gasteiger partial charge in [-0.3, -0.25) is 13.9 Å². The van der Waals surface area contributed by atoms with Crippen molar-refractivity contribution in [2.45, 2.75) is 38.3 Å². The van der Waals surface area contributed by atoms with Gasteiger partial charge in [-0.1, -0.05) is 47.5 Å². The molecule has 3 rings (SSSR count). The molecular formula is C28H32BrN3O5S. The molecule has 0 aliphatic carbocycles. The Morgan fingerprint density at radius 2 is 1.55 bits per heavy atom. The number of carbonyl (C=O) groups excluding carboxylic acids is 2. The SMILES string of the molecule is CNC(=O)[C@H](C)N(Cc1ccc(C)cc1)C(=O)CN(c1ccc(C)cc1)S(=O)(=O)c1ccc(OC)c(Br)c1. The Balaban J connectivity index is 2.04. The minimum atomic E-state index is -4.17. The van der Waals surface area contributed by atoms with Gasteiger partial charge in [0, 0.05) is 13.6 Å². The molecule has 0 heterocycles. The number of anilines is 1. The van der Waals surface area contributed by atoms with Crippen LogP contribution in [-0.2, 0) is 26.2 Å². The van der Waals surface area contributed by atoms with E-state index in [9.17, 15) is 18.0 Å². The van der Waals surface area contributed by atoms with Crippen LogP contribution in [0.4, 0.5) is 5.69 Å². The lowest BCUT2D eigenvalue weighted by Crippen LogP contribution is -2.50. The maximum absolute atomic E-state index is 13.9. The number of amides is 2. The molecule has 0 unspecified atom stereocenters. The summed E-state index contributed by atoms with van der Waals surface area (Å²) < 4.78 is 34.6. The van der Waals surface area contributed by atoms with Crippen LogP contribution in [0.5, 0.6) is 5.75 Å². The number of nitrogens with one attached hydrogen (secondary N) is 1. The van der Waals surface area contributed by atoms with E-state index >= 15 is 0 Å². The first-order valence-electron chi connectivity index (χ1n) is 12.0. The summed E-state index contributed by atoms with van der Waals surface area (Å²) in [5, 5.41) is 2.58. The van der Waals surface area contributed by atoms with E-state index in [1.54, 1.807) is 37.3 Å². The van der Waals surface area contributed by atoms with Crippen LogP contribution >= 0.6 is 15.9 Å². The summed E-state index contributed by atoms with van der Waals surface area (Å²) in [6, 6.07) is 18.1. The Bertz CT molecular complexity index is 1390. The molecular weight excluding hydrogens is 570 g/mol. The van der Waals surface area contributed by atoms with E-state index in [0.29, 0.717) is 15.9 Å². The summed E-state index contributed by atoms with van der Waals surface area (Å²) in [6.07, 6.45) is 0. The third kappa shape index (κ3) is 6.73. The number of ether oxygens (including phenoxy) is 1. The summed E-state index contributed by atoms with van der Waals surface area (Å²) >= 11 is 3.35. The summed E-state index contributed by atoms with van der Waals surface area (Å²) in [6.45, 7) is 5.12. The molecule has 0 saturated heterocycles. The number of benzene rings is 3. The normalized spacial score (nSPS) is 11.9. The quantitative estimate of drug-likeness (QED) is 0.371. The van der Waals surface area contributed by atoms with Gasteiger partial charge in [0.25, 0.3) is 10.0 Å². The van der Waals surface area contributed by atoms with Gasteiger partial charge in [-0.2, -0.15) is 0 Å². The fraction of sp³-hybridized carbons (Fsp3) is 0.286. The molecule has 38 heavy (non-hydrogen) atoms. The topological polar surface area (TPSA) is 96.0 Å². The van der Waals surface area contributed by atoms with Crippen molar-refractivity contribution >= 4 is 43.5 Å². The van der Waals surface area contributed by atoms with Gasteiger partial charge in [-0.25, -0.2) is 8.42 Å². The van der Waals surface area contributed by atoms with Crippen molar-refractivity contribution in [1.82, 2.24) is 10.2 Å². The minimum absolute atomic E-state index is 0.0111. The van der Waals surface area contributed by atoms with Crippen LogP contribution in [0.15, 0.2) is 76.1 Å². The smallest absolute Gasteiger partial charge is 0.264 e. The monoisotopic (exact) mass is 601 g/mol. The Morgan fingerprint density at radius 3 is 2.08 bits per heavy atom. The molecule has 0 spiro atoms. The van der Waals surface area contributed by atoms with Gasteiger partial charge in [0.15, 0.2) is 0 Å². The van der Waals surface area contributed by atoms with Crippen LogP contribution in [0.3, 0.4) is 0 Å². The van der Waals surface area contributed by atoms with E-state index in [-0.39, 0.29) is 17.3 Å². The molecule has 3 aromatic carbocycles. The number of carbonyl (C=O) groups is 2. The van der Waals surface area contributed by atoms with Gasteiger partial charge in [0.2, 0.25) is 11.8 Å². The maximum atomic E-state index is 13.9. The van der Waals surface area contributed by atoms with Gasteiger partial charge in [0.05, 0.1) is 22.2 Å². The minimum Gasteiger partial charge on any atom is -0.496 e. The van der Waals surface area contributed by atoms with Crippen LogP contribution < -0.4 is 14.4 Å². The van der Waals surface area contributed by atoms with Gasteiger partial charge >= 0.3 is 0 Å². The van der Waals surface area contributed by atoms with Gasteiger partial charge < -0.3 is 15.0 Å². The third-order valence-corrected chi connectivity index (χ3v) is 8.59. The predicted molar refractivity (Wildman–Crippen MR) is 152 cm³/mol. The third-order valence-electron chi connectivity index (χ3n) is 6.20. The average molecular weight is 603 g/mol. The molecule has 8 nitrogen and oxygen atoms in total. The van der Waals surface area contributed by atoms with Gasteiger partial charge in [-0.05, 0) is 72.6 Å². The maximum Gasteiger partial charge on any atom is 0.264 e. The highest BCUT2D eigenvalue weighted by atomic mass is 79.9. The van der Waals surface area contributed by atoms with Crippen molar-refractivity contribution < 1.29 is 22.7 Å². The van der Waals surface area contributed by atoms with Crippen molar-refractivity contribution in [3.8, 4) is 5.75 Å². The fourth-order valence-corrected chi connectivity index (χ4v) is 5.99. The first kappa shape index (κ1) is 29.2. The lowest BCUT2D eigenvalue weighted by atomic mass is 10.1. The molecule has 202 valence electrons. The molecule has 0 bridgehead atoms. The summed E-state index contributed by atoms with van der Waals surface area (Å²) in [5.41, 5.74) is 3.16. The standard InChI is InChI=1S/C28H32BrN3O5S/c1-19-6-10-22(11-7-19)17-31(21(3)28(34)30-4)27(33)18-32(23-12-8-20(2)9-13-23)38(35,36)24-14-15-26(37-5)25(29)16-24/h6-16,21H,17-18H2,1-5H3,(H,30,34)/t21-/m0/s1. The van der Waals surface area contributed by atoms with Crippen molar-refractivity contribution in [1.29, 1.82) is 0 Å². The lowest BCUT2D eigenvalue weighted by Gasteiger charge is -2.32. The van der Waals surface area contributed by atoms with Crippen LogP contribution in [0, 0.1) is 13.8 Å². The van der Waals surface area contributed by atoms with Crippen LogP contribution in [0.25, 0.3) is 0 Å². The Morgan fingerprint density at radius 1 is 0.974 bits per heavy atom. The zero-order chi connectivity index (χ0) is 28.0. The molecule has 1 atom stereocenters. The molecule has 2 amide bonds. The number of halogens is 1. The lowest BCUT2D eigenvalue weighted by molar-refractivity contribution is -0.139. The highest BCUT2D eigenvalue weighted by molar-refractivity contribution is 9.10. The first-order chi connectivity index (χ1) is 18.0. The number of hydrogen-bond donors (Lipinski definition) is 1. The Kier molecular flexibility index (Phi) is 9.56. The molecule has 0 aliphatic heterocycles. The van der Waals surface area contributed by atoms with Gasteiger partial charge in [0.1, 0.15) is 18.3 Å². The number of rotatable bonds is 10. The van der Waals surface area contributed by atoms with Crippen LogP contribution in [0.2, 0.25) is 0 Å². The summed E-state index contributed by atoms with van der Waals surface area (Å²) in [4.78, 5) is 27.7. The second-order valence-electron chi connectivity index (χ2n) is 8.94. The van der Waals surface area contributed by atoms with E-state index in [2.05, 4.69) is 21.2 Å². The fourth-order valence-electron chi connectivity index (χ4n) is 3.86. The predicted octanol–water partition coefficient (Wildman–Crippen LogP) is 4.43. The number of aryl methyl sites for hydroxylation is 2. The summed E-state index contributed by atoms with van der Waals surface area (Å²) in [5.74, 6) is -0.390. The number of sulfonamides is 1. The molecule has 3 aromatic rings. The first-order valence-corrected chi connectivity index (χ1v) is 14.2. The van der Waals surface area contributed by atoms with Crippen molar-refractivity contribution in [3.63, 3.8) is 0 Å². The van der Waals surface area contributed by atoms with Crippen LogP contribution in [0.1, 0.15) is 23.6 Å². The summed E-state index contributed by atoms with van der Waals surface area (Å²) in [7, 11) is -1.19. The highest BCUT2D eigenvalue weighted by Gasteiger charge is 2.32. The highest BCUT2D eigenvalue weighted by Crippen LogP contribution is 2.31. The van der Waals surface area contributed by atoms with Crippen molar-refractivity contribution in [3.05, 3.63) is 87.9 Å². The largest absolute Gasteiger partial charge is 0.496 e. The van der Waals surface area contributed by atoms with Crippen LogP contribution in [-0.4, -0.2) is 51.9 Å². The number of methoxy groups -OCH3 is 1. The molecule has 0 fully saturated rings. The Hall–Kier alpha value is -3.37. The molecule has 0 aromatic heterocycles. The molecule has 0 saturated carbocycles. The molecule has 10 heteroatoms. The van der Waals surface area contributed by atoms with Crippen molar-refractivity contribution in [2.24, 2.45) is 0 Å². The zero-order valence-electron chi connectivity index (χ0n) is 22.1. The second-order valence-corrected chi connectivity index (χ2v) is 11.7. The number of hydrogen-bond acceptors (Lipinski definition) is 5. The van der Waals surface area contributed by atoms with E-state index in [1.165, 1.54) is 31.2 Å². The Labute approximate surface area is 232 Å². The molecule has 0 radical (unpaired) electrons. The number of likely N-dealkylation sites (N-methyl/N-ethyl adjacent to an activating group) is 1. The van der Waals surface area contributed by atoms with E-state index < -0.39 is 28.5 Å². The van der Waals surface area contributed by atoms with Gasteiger partial charge in [-0.15, -0.1) is 0 Å². The molecule has 1 N–H and O–H groups in total.